The summed E-state index contributed by atoms with van der Waals surface area (Å²) in [4.78, 5) is 0.222. The molecule has 2 heterocycles. The first-order valence-electron chi connectivity index (χ1n) is 5.56. The summed E-state index contributed by atoms with van der Waals surface area (Å²) in [5, 5.41) is 2.93. The lowest BCUT2D eigenvalue weighted by Gasteiger charge is -2.24. The molecule has 0 radical (unpaired) electrons. The van der Waals surface area contributed by atoms with E-state index < -0.39 is 10.0 Å². The average molecular weight is 355 g/mol. The third-order valence-corrected chi connectivity index (χ3v) is 6.34. The predicted molar refractivity (Wildman–Crippen MR) is 75.3 cm³/mol. The minimum atomic E-state index is -3.44. The fourth-order valence-corrected chi connectivity index (χ4v) is 5.30. The van der Waals surface area contributed by atoms with Crippen LogP contribution in [-0.2, 0) is 16.6 Å². The van der Waals surface area contributed by atoms with Gasteiger partial charge in [-0.2, -0.15) is 16.1 Å². The quantitative estimate of drug-likeness (QED) is 0.887. The van der Waals surface area contributed by atoms with Crippen molar-refractivity contribution in [1.82, 2.24) is 9.62 Å². The van der Waals surface area contributed by atoms with Crippen molar-refractivity contribution in [3.05, 3.63) is 16.5 Å². The molecule has 0 amide bonds. The van der Waals surface area contributed by atoms with Crippen LogP contribution in [0.2, 0.25) is 0 Å². The summed E-state index contributed by atoms with van der Waals surface area (Å²) in [5.74, 6) is 2.30. The van der Waals surface area contributed by atoms with Crippen molar-refractivity contribution >= 4 is 37.7 Å². The van der Waals surface area contributed by atoms with Crippen LogP contribution in [0.3, 0.4) is 0 Å². The summed E-state index contributed by atoms with van der Waals surface area (Å²) < 4.78 is 32.0. The van der Waals surface area contributed by atoms with Gasteiger partial charge >= 0.3 is 0 Å². The Labute approximate surface area is 119 Å². The fourth-order valence-electron chi connectivity index (χ4n) is 1.76. The van der Waals surface area contributed by atoms with Crippen LogP contribution in [0.1, 0.15) is 5.76 Å². The third-order valence-electron chi connectivity index (χ3n) is 2.65. The summed E-state index contributed by atoms with van der Waals surface area (Å²) in [6.45, 7) is 1.63. The van der Waals surface area contributed by atoms with E-state index >= 15 is 0 Å². The van der Waals surface area contributed by atoms with Crippen LogP contribution >= 0.6 is 27.7 Å². The highest BCUT2D eigenvalue weighted by Crippen LogP contribution is 2.29. The number of sulfonamides is 1. The molecule has 1 aliphatic rings. The Morgan fingerprint density at radius 2 is 2.17 bits per heavy atom. The lowest BCUT2D eigenvalue weighted by molar-refractivity contribution is 0.438. The molecular weight excluding hydrogens is 340 g/mol. The number of hydrogen-bond acceptors (Lipinski definition) is 5. The molecule has 0 bridgehead atoms. The van der Waals surface area contributed by atoms with Gasteiger partial charge in [-0.1, -0.05) is 0 Å². The van der Waals surface area contributed by atoms with Gasteiger partial charge < -0.3 is 9.73 Å². The first kappa shape index (κ1) is 14.4. The molecule has 2 rings (SSSR count). The monoisotopic (exact) mass is 354 g/mol. The number of thioether (sulfide) groups is 1. The summed E-state index contributed by atoms with van der Waals surface area (Å²) >= 11 is 4.96. The van der Waals surface area contributed by atoms with E-state index in [0.717, 1.165) is 11.5 Å². The van der Waals surface area contributed by atoms with Crippen molar-refractivity contribution in [3.8, 4) is 0 Å². The molecule has 1 saturated heterocycles. The second-order valence-electron chi connectivity index (χ2n) is 3.90. The zero-order valence-corrected chi connectivity index (χ0v) is 13.2. The minimum absolute atomic E-state index is 0.222. The van der Waals surface area contributed by atoms with E-state index in [1.54, 1.807) is 24.9 Å². The van der Waals surface area contributed by atoms with Gasteiger partial charge in [-0.15, -0.1) is 0 Å². The molecule has 1 N–H and O–H groups in total. The molecule has 1 fully saturated rings. The first-order valence-corrected chi connectivity index (χ1v) is 8.95. The van der Waals surface area contributed by atoms with Gasteiger partial charge in [0.2, 0.25) is 10.0 Å². The second-order valence-corrected chi connectivity index (χ2v) is 7.75. The molecule has 1 aliphatic heterocycles. The molecule has 8 heteroatoms. The second kappa shape index (κ2) is 5.96. The molecule has 1 aromatic rings. The molecule has 102 valence electrons. The van der Waals surface area contributed by atoms with Crippen LogP contribution < -0.4 is 5.32 Å². The van der Waals surface area contributed by atoms with E-state index in [-0.39, 0.29) is 9.56 Å². The molecule has 0 spiro atoms. The van der Waals surface area contributed by atoms with Gasteiger partial charge in [0.05, 0.1) is 6.54 Å². The molecular formula is C10H15BrN2O3S2. The Hall–Kier alpha value is -0.0200. The Bertz CT molecular complexity index is 509. The minimum Gasteiger partial charge on any atom is -0.452 e. The molecule has 0 aliphatic carbocycles. The Morgan fingerprint density at radius 1 is 1.50 bits per heavy atom. The van der Waals surface area contributed by atoms with Gasteiger partial charge in [0.1, 0.15) is 10.7 Å². The molecule has 0 aromatic carbocycles. The number of furan rings is 1. The lowest BCUT2D eigenvalue weighted by Crippen LogP contribution is -2.37. The lowest BCUT2D eigenvalue weighted by atomic mass is 10.4. The number of hydrogen-bond donors (Lipinski definition) is 1. The van der Waals surface area contributed by atoms with Gasteiger partial charge in [-0.05, 0) is 23.0 Å². The van der Waals surface area contributed by atoms with Crippen LogP contribution in [0, 0.1) is 0 Å². The molecule has 18 heavy (non-hydrogen) atoms. The highest BCUT2D eigenvalue weighted by Gasteiger charge is 2.30. The van der Waals surface area contributed by atoms with E-state index in [0.29, 0.717) is 25.4 Å². The highest BCUT2D eigenvalue weighted by molar-refractivity contribution is 9.10. The van der Waals surface area contributed by atoms with Crippen LogP contribution in [-0.4, -0.2) is 44.4 Å². The Kier molecular flexibility index (Phi) is 4.76. The maximum Gasteiger partial charge on any atom is 0.247 e. The molecule has 0 saturated carbocycles. The maximum absolute atomic E-state index is 12.4. The summed E-state index contributed by atoms with van der Waals surface area (Å²) in [5.41, 5.74) is 0. The standard InChI is InChI=1S/C10H15BrN2O3S2/c1-12-7-8-6-9(10(11)16-8)18(14,15)13-2-4-17-5-3-13/h6,12H,2-5,7H2,1H3. The summed E-state index contributed by atoms with van der Waals surface area (Å²) in [7, 11) is -1.65. The van der Waals surface area contributed by atoms with Gasteiger partial charge in [-0.3, -0.25) is 0 Å². The van der Waals surface area contributed by atoms with E-state index in [2.05, 4.69) is 21.2 Å². The van der Waals surface area contributed by atoms with Crippen molar-refractivity contribution in [2.45, 2.75) is 11.4 Å². The fraction of sp³-hybridized carbons (Fsp3) is 0.600. The SMILES string of the molecule is CNCc1cc(S(=O)(=O)N2CCSCC2)c(Br)o1. The zero-order valence-electron chi connectivity index (χ0n) is 9.98. The molecule has 5 nitrogen and oxygen atoms in total. The van der Waals surface area contributed by atoms with E-state index in [4.69, 9.17) is 4.42 Å². The van der Waals surface area contributed by atoms with Crippen LogP contribution in [0.5, 0.6) is 0 Å². The van der Waals surface area contributed by atoms with Crippen LogP contribution in [0.15, 0.2) is 20.0 Å². The number of rotatable bonds is 4. The topological polar surface area (TPSA) is 62.6 Å². The summed E-state index contributed by atoms with van der Waals surface area (Å²) in [6.07, 6.45) is 0. The zero-order chi connectivity index (χ0) is 13.2. The van der Waals surface area contributed by atoms with E-state index in [1.165, 1.54) is 4.31 Å². The van der Waals surface area contributed by atoms with Crippen molar-refractivity contribution in [2.75, 3.05) is 31.6 Å². The maximum atomic E-state index is 12.4. The molecule has 1 aromatic heterocycles. The van der Waals surface area contributed by atoms with Crippen LogP contribution in [0.4, 0.5) is 0 Å². The Balaban J connectivity index is 2.28. The average Bonchev–Trinajstić information content (AvgIpc) is 2.73. The number of nitrogens with one attached hydrogen (secondary N) is 1. The van der Waals surface area contributed by atoms with Crippen molar-refractivity contribution in [1.29, 1.82) is 0 Å². The third kappa shape index (κ3) is 2.93. The normalized spacial score (nSPS) is 18.1. The summed E-state index contributed by atoms with van der Waals surface area (Å²) in [6, 6.07) is 1.58. The van der Waals surface area contributed by atoms with E-state index in [9.17, 15) is 8.42 Å². The first-order chi connectivity index (χ1) is 8.55. The molecule has 0 atom stereocenters. The van der Waals surface area contributed by atoms with Crippen molar-refractivity contribution < 1.29 is 12.8 Å². The number of nitrogens with zero attached hydrogens (tertiary/aromatic N) is 1. The van der Waals surface area contributed by atoms with Crippen molar-refractivity contribution in [3.63, 3.8) is 0 Å². The largest absolute Gasteiger partial charge is 0.452 e. The molecule has 0 unspecified atom stereocenters. The van der Waals surface area contributed by atoms with Gasteiger partial charge in [-0.25, -0.2) is 8.42 Å². The van der Waals surface area contributed by atoms with Crippen molar-refractivity contribution in [2.24, 2.45) is 0 Å². The predicted octanol–water partition coefficient (Wildman–Crippen LogP) is 1.50. The van der Waals surface area contributed by atoms with Gasteiger partial charge in [0.25, 0.3) is 0 Å². The number of halogens is 1. The Morgan fingerprint density at radius 3 is 2.78 bits per heavy atom. The highest BCUT2D eigenvalue weighted by atomic mass is 79.9. The van der Waals surface area contributed by atoms with Crippen LogP contribution in [0.25, 0.3) is 0 Å². The smallest absolute Gasteiger partial charge is 0.247 e. The van der Waals surface area contributed by atoms with E-state index in [1.807, 2.05) is 0 Å². The van der Waals surface area contributed by atoms with Gasteiger partial charge in [0, 0.05) is 30.7 Å². The van der Waals surface area contributed by atoms with Gasteiger partial charge in [0.15, 0.2) is 4.67 Å².